The van der Waals surface area contributed by atoms with Crippen LogP contribution in [0.15, 0.2) is 78.9 Å². The fourth-order valence-corrected chi connectivity index (χ4v) is 3.61. The second-order valence-corrected chi connectivity index (χ2v) is 6.82. The fraction of sp³-hybridized carbons (Fsp3) is 0.167. The molecular formula is C24H22N2O3. The molecule has 0 radical (unpaired) electrons. The molecular weight excluding hydrogens is 364 g/mol. The van der Waals surface area contributed by atoms with Crippen LogP contribution in [-0.4, -0.2) is 23.4 Å². The van der Waals surface area contributed by atoms with Gasteiger partial charge in [0, 0.05) is 17.7 Å². The Hall–Kier alpha value is -3.60. The van der Waals surface area contributed by atoms with Gasteiger partial charge in [0.05, 0.1) is 17.9 Å². The highest BCUT2D eigenvalue weighted by Crippen LogP contribution is 2.36. The van der Waals surface area contributed by atoms with Gasteiger partial charge in [-0.25, -0.2) is 4.79 Å². The summed E-state index contributed by atoms with van der Waals surface area (Å²) in [6, 6.07) is 24.7. The zero-order valence-electron chi connectivity index (χ0n) is 16.2. The molecule has 1 amide bonds. The summed E-state index contributed by atoms with van der Waals surface area (Å²) in [4.78, 5) is 27.3. The molecule has 1 N–H and O–H groups in total. The van der Waals surface area contributed by atoms with E-state index in [1.807, 2.05) is 66.7 Å². The minimum atomic E-state index is -0.386. The average Bonchev–Trinajstić information content (AvgIpc) is 3.01. The third-order valence-corrected chi connectivity index (χ3v) is 4.97. The number of benzene rings is 3. The van der Waals surface area contributed by atoms with Gasteiger partial charge in [0.2, 0.25) is 0 Å². The summed E-state index contributed by atoms with van der Waals surface area (Å²) in [7, 11) is 0. The molecule has 146 valence electrons. The van der Waals surface area contributed by atoms with Crippen molar-refractivity contribution in [3.05, 3.63) is 101 Å². The number of carbonyl (C=O) groups is 2. The van der Waals surface area contributed by atoms with E-state index >= 15 is 0 Å². The number of nitrogens with one attached hydrogen (secondary N) is 1. The monoisotopic (exact) mass is 386 g/mol. The molecule has 5 heteroatoms. The lowest BCUT2D eigenvalue weighted by molar-refractivity contribution is 0.0527. The van der Waals surface area contributed by atoms with Crippen LogP contribution in [0.2, 0.25) is 0 Å². The van der Waals surface area contributed by atoms with Gasteiger partial charge in [-0.2, -0.15) is 0 Å². The first-order valence-electron chi connectivity index (χ1n) is 9.65. The van der Waals surface area contributed by atoms with E-state index in [-0.39, 0.29) is 18.0 Å². The highest BCUT2D eigenvalue weighted by molar-refractivity contribution is 6.00. The largest absolute Gasteiger partial charge is 0.462 e. The van der Waals surface area contributed by atoms with Crippen molar-refractivity contribution in [1.29, 1.82) is 0 Å². The minimum absolute atomic E-state index is 0.0319. The van der Waals surface area contributed by atoms with E-state index in [0.29, 0.717) is 30.0 Å². The summed E-state index contributed by atoms with van der Waals surface area (Å²) >= 11 is 0. The molecule has 0 saturated heterocycles. The summed E-state index contributed by atoms with van der Waals surface area (Å²) in [5.41, 5.74) is 3.70. The Labute approximate surface area is 169 Å². The molecule has 1 unspecified atom stereocenters. The zero-order chi connectivity index (χ0) is 20.2. The average molecular weight is 386 g/mol. The van der Waals surface area contributed by atoms with Gasteiger partial charge in [-0.3, -0.25) is 4.79 Å². The van der Waals surface area contributed by atoms with Gasteiger partial charge in [-0.1, -0.05) is 60.7 Å². The zero-order valence-corrected chi connectivity index (χ0v) is 16.2. The highest BCUT2D eigenvalue weighted by Gasteiger charge is 2.36. The molecule has 3 aromatic carbocycles. The molecule has 0 aromatic heterocycles. The quantitative estimate of drug-likeness (QED) is 0.628. The Morgan fingerprint density at radius 1 is 0.966 bits per heavy atom. The molecule has 0 bridgehead atoms. The van der Waals surface area contributed by atoms with Crippen molar-refractivity contribution in [2.45, 2.75) is 19.6 Å². The molecule has 4 rings (SSSR count). The lowest BCUT2D eigenvalue weighted by Gasteiger charge is -2.28. The molecule has 0 saturated carbocycles. The third-order valence-electron chi connectivity index (χ3n) is 4.97. The molecule has 1 heterocycles. The van der Waals surface area contributed by atoms with Crippen LogP contribution in [0, 0.1) is 0 Å². The fourth-order valence-electron chi connectivity index (χ4n) is 3.61. The van der Waals surface area contributed by atoms with Crippen LogP contribution in [0.4, 0.5) is 5.69 Å². The number of esters is 1. The van der Waals surface area contributed by atoms with Crippen LogP contribution in [-0.2, 0) is 11.3 Å². The van der Waals surface area contributed by atoms with Crippen LogP contribution < -0.4 is 5.32 Å². The molecule has 5 nitrogen and oxygen atoms in total. The van der Waals surface area contributed by atoms with Crippen molar-refractivity contribution in [1.82, 2.24) is 4.90 Å². The number of para-hydroxylation sites is 1. The molecule has 1 atom stereocenters. The van der Waals surface area contributed by atoms with Crippen molar-refractivity contribution in [2.75, 3.05) is 11.9 Å². The van der Waals surface area contributed by atoms with Gasteiger partial charge in [0.25, 0.3) is 5.91 Å². The van der Waals surface area contributed by atoms with Gasteiger partial charge in [-0.05, 0) is 30.7 Å². The van der Waals surface area contributed by atoms with E-state index in [2.05, 4.69) is 5.32 Å². The van der Waals surface area contributed by atoms with Crippen LogP contribution in [0.1, 0.15) is 44.9 Å². The maximum absolute atomic E-state index is 13.1. The molecule has 29 heavy (non-hydrogen) atoms. The molecule has 0 fully saturated rings. The van der Waals surface area contributed by atoms with E-state index in [0.717, 1.165) is 11.1 Å². The topological polar surface area (TPSA) is 58.6 Å². The van der Waals surface area contributed by atoms with E-state index in [1.165, 1.54) is 0 Å². The predicted octanol–water partition coefficient (Wildman–Crippen LogP) is 4.63. The first kappa shape index (κ1) is 18.7. The second kappa shape index (κ2) is 8.19. The number of fused-ring (bicyclic) bond motifs is 1. The van der Waals surface area contributed by atoms with Crippen molar-refractivity contribution >= 4 is 17.6 Å². The Kier molecular flexibility index (Phi) is 5.29. The summed E-state index contributed by atoms with van der Waals surface area (Å²) in [6.45, 7) is 2.55. The Morgan fingerprint density at radius 3 is 2.45 bits per heavy atom. The van der Waals surface area contributed by atoms with Gasteiger partial charge in [0.1, 0.15) is 6.17 Å². The van der Waals surface area contributed by atoms with Crippen LogP contribution in [0.3, 0.4) is 0 Å². The van der Waals surface area contributed by atoms with E-state index in [1.54, 1.807) is 24.0 Å². The summed E-state index contributed by atoms with van der Waals surface area (Å²) in [5, 5.41) is 3.41. The number of rotatable bonds is 6. The first-order valence-corrected chi connectivity index (χ1v) is 9.65. The van der Waals surface area contributed by atoms with Crippen molar-refractivity contribution in [3.63, 3.8) is 0 Å². The SMILES string of the molecule is CCOC(=O)c1ccccc1NC1c2ccccc2C(=O)N1Cc1ccccc1. The van der Waals surface area contributed by atoms with E-state index < -0.39 is 0 Å². The van der Waals surface area contributed by atoms with Crippen LogP contribution in [0.5, 0.6) is 0 Å². The summed E-state index contributed by atoms with van der Waals surface area (Å²) in [6.07, 6.45) is -0.380. The number of nitrogens with zero attached hydrogens (tertiary/aromatic N) is 1. The van der Waals surface area contributed by atoms with Gasteiger partial charge in [-0.15, -0.1) is 0 Å². The minimum Gasteiger partial charge on any atom is -0.462 e. The van der Waals surface area contributed by atoms with Gasteiger partial charge >= 0.3 is 5.97 Å². The summed E-state index contributed by atoms with van der Waals surface area (Å²) < 4.78 is 5.19. The van der Waals surface area contributed by atoms with E-state index in [4.69, 9.17) is 4.74 Å². The lowest BCUT2D eigenvalue weighted by atomic mass is 10.1. The van der Waals surface area contributed by atoms with Crippen LogP contribution in [0.25, 0.3) is 0 Å². The third kappa shape index (κ3) is 3.72. The van der Waals surface area contributed by atoms with Crippen molar-refractivity contribution < 1.29 is 14.3 Å². The number of amides is 1. The number of anilines is 1. The standard InChI is InChI=1S/C24H22N2O3/c1-2-29-24(28)20-14-8-9-15-21(20)25-22-18-12-6-7-13-19(18)23(27)26(22)16-17-10-4-3-5-11-17/h3-15,22,25H,2,16H2,1H3. The Bertz CT molecular complexity index is 1030. The molecule has 0 spiro atoms. The predicted molar refractivity (Wildman–Crippen MR) is 112 cm³/mol. The smallest absolute Gasteiger partial charge is 0.340 e. The maximum Gasteiger partial charge on any atom is 0.340 e. The maximum atomic E-state index is 13.1. The van der Waals surface area contributed by atoms with Crippen molar-refractivity contribution in [3.8, 4) is 0 Å². The number of hydrogen-bond acceptors (Lipinski definition) is 4. The number of carbonyl (C=O) groups excluding carboxylic acids is 2. The van der Waals surface area contributed by atoms with Gasteiger partial charge in [0.15, 0.2) is 0 Å². The highest BCUT2D eigenvalue weighted by atomic mass is 16.5. The summed E-state index contributed by atoms with van der Waals surface area (Å²) in [5.74, 6) is -0.418. The Balaban J connectivity index is 1.70. The second-order valence-electron chi connectivity index (χ2n) is 6.82. The van der Waals surface area contributed by atoms with Crippen LogP contribution >= 0.6 is 0 Å². The molecule has 0 aliphatic carbocycles. The number of hydrogen-bond donors (Lipinski definition) is 1. The number of ether oxygens (including phenoxy) is 1. The first-order chi connectivity index (χ1) is 14.2. The Morgan fingerprint density at radius 2 is 1.66 bits per heavy atom. The molecule has 1 aliphatic heterocycles. The van der Waals surface area contributed by atoms with E-state index in [9.17, 15) is 9.59 Å². The lowest BCUT2D eigenvalue weighted by Crippen LogP contribution is -2.32. The normalized spacial score (nSPS) is 15.1. The molecule has 1 aliphatic rings. The molecule has 3 aromatic rings. The van der Waals surface area contributed by atoms with Gasteiger partial charge < -0.3 is 15.0 Å². The van der Waals surface area contributed by atoms with Crippen molar-refractivity contribution in [2.24, 2.45) is 0 Å².